The van der Waals surface area contributed by atoms with Gasteiger partial charge in [-0.2, -0.15) is 0 Å². The minimum absolute atomic E-state index is 0.200. The van der Waals surface area contributed by atoms with Crippen molar-refractivity contribution in [1.82, 2.24) is 14.9 Å². The number of hydrogen-bond donors (Lipinski definition) is 0. The van der Waals surface area contributed by atoms with Crippen LogP contribution >= 0.6 is 11.3 Å². The maximum atomic E-state index is 12.5. The van der Waals surface area contributed by atoms with E-state index < -0.39 is 0 Å². The minimum Gasteiger partial charge on any atom is -0.341 e. The molecule has 0 atom stereocenters. The molecular weight excluding hydrogens is 308 g/mol. The average molecular weight is 328 g/mol. The zero-order valence-electron chi connectivity index (χ0n) is 13.0. The molecule has 0 saturated carbocycles. The van der Waals surface area contributed by atoms with Crippen molar-refractivity contribution < 1.29 is 4.79 Å². The Hall–Kier alpha value is -1.95. The van der Waals surface area contributed by atoms with Gasteiger partial charge in [-0.25, -0.2) is 9.97 Å². The lowest BCUT2D eigenvalue weighted by atomic mass is 9.78. The second-order valence-electron chi connectivity index (χ2n) is 6.49. The Morgan fingerprint density at radius 3 is 2.52 bits per heavy atom. The van der Waals surface area contributed by atoms with E-state index >= 15 is 0 Å². The van der Waals surface area contributed by atoms with Crippen LogP contribution in [0.1, 0.15) is 28.9 Å². The van der Waals surface area contributed by atoms with Crippen LogP contribution in [0.5, 0.6) is 0 Å². The van der Waals surface area contributed by atoms with Crippen LogP contribution in [-0.4, -0.2) is 47.0 Å². The predicted octanol–water partition coefficient (Wildman–Crippen LogP) is 2.67. The summed E-state index contributed by atoms with van der Waals surface area (Å²) < 4.78 is 0. The van der Waals surface area contributed by atoms with E-state index in [0.717, 1.165) is 56.3 Å². The molecular formula is C17H20N4OS. The molecule has 0 bridgehead atoms. The quantitative estimate of drug-likeness (QED) is 0.850. The molecule has 0 aliphatic carbocycles. The highest BCUT2D eigenvalue weighted by molar-refractivity contribution is 7.12. The van der Waals surface area contributed by atoms with Crippen LogP contribution in [0.2, 0.25) is 0 Å². The van der Waals surface area contributed by atoms with Gasteiger partial charge in [-0.15, -0.1) is 11.3 Å². The third kappa shape index (κ3) is 2.83. The molecule has 1 spiro atoms. The van der Waals surface area contributed by atoms with Gasteiger partial charge >= 0.3 is 0 Å². The van der Waals surface area contributed by atoms with Crippen molar-refractivity contribution >= 4 is 23.2 Å². The SMILES string of the molecule is O=C(c1cccs1)N1CCC2(CCN(c3ncccn3)CC2)C1. The van der Waals surface area contributed by atoms with Gasteiger partial charge in [-0.05, 0) is 42.2 Å². The number of carbonyl (C=O) groups excluding carboxylic acids is 1. The fourth-order valence-corrected chi connectivity index (χ4v) is 4.40. The number of likely N-dealkylation sites (tertiary alicyclic amines) is 1. The summed E-state index contributed by atoms with van der Waals surface area (Å²) in [6, 6.07) is 5.72. The second kappa shape index (κ2) is 5.92. The Kier molecular flexibility index (Phi) is 3.77. The number of carbonyl (C=O) groups is 1. The molecule has 0 aromatic carbocycles. The predicted molar refractivity (Wildman–Crippen MR) is 90.8 cm³/mol. The summed E-state index contributed by atoms with van der Waals surface area (Å²) in [4.78, 5) is 26.4. The average Bonchev–Trinajstić information content (AvgIpc) is 3.26. The number of thiophene rings is 1. The minimum atomic E-state index is 0.200. The van der Waals surface area contributed by atoms with Gasteiger partial charge in [0, 0.05) is 38.6 Å². The number of rotatable bonds is 2. The smallest absolute Gasteiger partial charge is 0.263 e. The molecule has 120 valence electrons. The van der Waals surface area contributed by atoms with Gasteiger partial charge < -0.3 is 9.80 Å². The first-order chi connectivity index (χ1) is 11.3. The van der Waals surface area contributed by atoms with Crippen LogP contribution in [0.25, 0.3) is 0 Å². The number of aromatic nitrogens is 2. The van der Waals surface area contributed by atoms with Crippen molar-refractivity contribution in [1.29, 1.82) is 0 Å². The maximum Gasteiger partial charge on any atom is 0.263 e. The van der Waals surface area contributed by atoms with Crippen molar-refractivity contribution in [3.05, 3.63) is 40.8 Å². The van der Waals surface area contributed by atoms with E-state index in [9.17, 15) is 4.79 Å². The Balaban J connectivity index is 1.39. The van der Waals surface area contributed by atoms with Crippen LogP contribution in [0.3, 0.4) is 0 Å². The van der Waals surface area contributed by atoms with E-state index in [0.29, 0.717) is 0 Å². The van der Waals surface area contributed by atoms with E-state index in [4.69, 9.17) is 0 Å². The van der Waals surface area contributed by atoms with E-state index in [1.807, 2.05) is 28.5 Å². The lowest BCUT2D eigenvalue weighted by Crippen LogP contribution is -2.42. The van der Waals surface area contributed by atoms with Gasteiger partial charge in [0.1, 0.15) is 0 Å². The van der Waals surface area contributed by atoms with E-state index in [2.05, 4.69) is 14.9 Å². The second-order valence-corrected chi connectivity index (χ2v) is 7.44. The number of hydrogen-bond acceptors (Lipinski definition) is 5. The van der Waals surface area contributed by atoms with Crippen LogP contribution < -0.4 is 4.90 Å². The first kappa shape index (κ1) is 14.6. The summed E-state index contributed by atoms with van der Waals surface area (Å²) in [5.41, 5.74) is 0.290. The zero-order valence-corrected chi connectivity index (χ0v) is 13.8. The molecule has 0 unspecified atom stereocenters. The summed E-state index contributed by atoms with van der Waals surface area (Å²) in [5, 5.41) is 1.97. The Labute approximate surface area is 140 Å². The van der Waals surface area contributed by atoms with Gasteiger partial charge in [0.15, 0.2) is 0 Å². The van der Waals surface area contributed by atoms with E-state index in [1.165, 1.54) is 11.3 Å². The summed E-state index contributed by atoms with van der Waals surface area (Å²) in [6.45, 7) is 3.74. The van der Waals surface area contributed by atoms with Crippen molar-refractivity contribution in [2.24, 2.45) is 5.41 Å². The summed E-state index contributed by atoms with van der Waals surface area (Å²) >= 11 is 1.53. The Morgan fingerprint density at radius 1 is 1.09 bits per heavy atom. The lowest BCUT2D eigenvalue weighted by molar-refractivity contribution is 0.0769. The standard InChI is InChI=1S/C17H20N4OS/c22-15(14-3-1-12-23-14)21-11-6-17(13-21)4-9-20(10-5-17)16-18-7-2-8-19-16/h1-3,7-8,12H,4-6,9-11,13H2. The lowest BCUT2D eigenvalue weighted by Gasteiger charge is -2.39. The molecule has 5 nitrogen and oxygen atoms in total. The molecule has 1 amide bonds. The fourth-order valence-electron chi connectivity index (χ4n) is 3.71. The topological polar surface area (TPSA) is 49.3 Å². The first-order valence-electron chi connectivity index (χ1n) is 8.11. The molecule has 2 aromatic rings. The van der Waals surface area contributed by atoms with Crippen LogP contribution in [0.15, 0.2) is 36.0 Å². The number of anilines is 1. The molecule has 0 N–H and O–H groups in total. The largest absolute Gasteiger partial charge is 0.341 e. The molecule has 2 aliphatic heterocycles. The highest BCUT2D eigenvalue weighted by Crippen LogP contribution is 2.41. The first-order valence-corrected chi connectivity index (χ1v) is 8.99. The van der Waals surface area contributed by atoms with Crippen molar-refractivity contribution in [3.8, 4) is 0 Å². The zero-order chi connectivity index (χ0) is 15.7. The number of nitrogens with zero attached hydrogens (tertiary/aromatic N) is 4. The van der Waals surface area contributed by atoms with Crippen LogP contribution in [0.4, 0.5) is 5.95 Å². The van der Waals surface area contributed by atoms with Crippen molar-refractivity contribution in [2.75, 3.05) is 31.1 Å². The third-order valence-electron chi connectivity index (χ3n) is 5.12. The van der Waals surface area contributed by atoms with Crippen molar-refractivity contribution in [2.45, 2.75) is 19.3 Å². The van der Waals surface area contributed by atoms with E-state index in [1.54, 1.807) is 12.4 Å². The maximum absolute atomic E-state index is 12.5. The molecule has 2 fully saturated rings. The van der Waals surface area contributed by atoms with Crippen LogP contribution in [0, 0.1) is 5.41 Å². The number of amides is 1. The van der Waals surface area contributed by atoms with Gasteiger partial charge in [0.25, 0.3) is 5.91 Å². The van der Waals surface area contributed by atoms with E-state index in [-0.39, 0.29) is 11.3 Å². The summed E-state index contributed by atoms with van der Waals surface area (Å²) in [6.07, 6.45) is 6.93. The van der Waals surface area contributed by atoms with Gasteiger partial charge in [0.05, 0.1) is 4.88 Å². The van der Waals surface area contributed by atoms with Gasteiger partial charge in [0.2, 0.25) is 5.95 Å². The van der Waals surface area contributed by atoms with Gasteiger partial charge in [-0.1, -0.05) is 6.07 Å². The molecule has 6 heteroatoms. The fraction of sp³-hybridized carbons (Fsp3) is 0.471. The molecule has 2 aliphatic rings. The van der Waals surface area contributed by atoms with Crippen molar-refractivity contribution in [3.63, 3.8) is 0 Å². The summed E-state index contributed by atoms with van der Waals surface area (Å²) in [5.74, 6) is 1.03. The molecule has 4 heterocycles. The Morgan fingerprint density at radius 2 is 1.83 bits per heavy atom. The van der Waals surface area contributed by atoms with Gasteiger partial charge in [-0.3, -0.25) is 4.79 Å². The van der Waals surface area contributed by atoms with Crippen LogP contribution in [-0.2, 0) is 0 Å². The molecule has 2 saturated heterocycles. The highest BCUT2D eigenvalue weighted by atomic mass is 32.1. The number of piperidine rings is 1. The monoisotopic (exact) mass is 328 g/mol. The highest BCUT2D eigenvalue weighted by Gasteiger charge is 2.42. The Bertz CT molecular complexity index is 665. The molecule has 4 rings (SSSR count). The summed E-state index contributed by atoms with van der Waals surface area (Å²) in [7, 11) is 0. The normalized spacial score (nSPS) is 20.2. The molecule has 2 aromatic heterocycles. The molecule has 23 heavy (non-hydrogen) atoms. The third-order valence-corrected chi connectivity index (χ3v) is 5.97. The molecule has 0 radical (unpaired) electrons.